The van der Waals surface area contributed by atoms with Gasteiger partial charge in [-0.15, -0.1) is 0 Å². The molecule has 0 fully saturated rings. The number of rotatable bonds is 7. The Balaban J connectivity index is 1.52. The van der Waals surface area contributed by atoms with E-state index in [9.17, 15) is 18.0 Å². The number of halogens is 3. The number of nitrogen functional groups attached to an aromatic ring is 1. The lowest BCUT2D eigenvalue weighted by molar-refractivity contribution is -0.141. The lowest BCUT2D eigenvalue weighted by Crippen LogP contribution is -2.22. The molecule has 2 heterocycles. The van der Waals surface area contributed by atoms with Crippen molar-refractivity contribution >= 4 is 23.4 Å². The molecule has 2 aromatic carbocycles. The van der Waals surface area contributed by atoms with Gasteiger partial charge in [-0.1, -0.05) is 42.5 Å². The Kier molecular flexibility index (Phi) is 7.37. The predicted octanol–water partition coefficient (Wildman–Crippen LogP) is 4.30. The van der Waals surface area contributed by atoms with Crippen LogP contribution in [0.4, 0.5) is 24.9 Å². The molecule has 0 aliphatic heterocycles. The average molecular weight is 506 g/mol. The largest absolute Gasteiger partial charge is 0.433 e. The molecule has 0 unspecified atom stereocenters. The molecular formula is C25H21F3N8O. The molecule has 0 atom stereocenters. The Labute approximate surface area is 209 Å². The van der Waals surface area contributed by atoms with Crippen LogP contribution in [-0.4, -0.2) is 31.6 Å². The van der Waals surface area contributed by atoms with Crippen LogP contribution in [0.15, 0.2) is 78.2 Å². The van der Waals surface area contributed by atoms with Crippen molar-refractivity contribution in [3.63, 3.8) is 0 Å². The number of alkyl halides is 3. The van der Waals surface area contributed by atoms with Gasteiger partial charge >= 0.3 is 6.18 Å². The topological polar surface area (TPSA) is 131 Å². The maximum Gasteiger partial charge on any atom is 0.433 e. The first-order valence-corrected chi connectivity index (χ1v) is 11.0. The third-order valence-electron chi connectivity index (χ3n) is 5.13. The number of nitrogens with zero attached hydrogens (tertiary/aromatic N) is 5. The Morgan fingerprint density at radius 1 is 1.03 bits per heavy atom. The van der Waals surface area contributed by atoms with Crippen LogP contribution in [0.1, 0.15) is 34.2 Å². The first-order valence-electron chi connectivity index (χ1n) is 11.0. The summed E-state index contributed by atoms with van der Waals surface area (Å²) in [4.78, 5) is 28.4. The molecule has 188 valence electrons. The van der Waals surface area contributed by atoms with E-state index < -0.39 is 11.9 Å². The standard InChI is InChI=1S/C25H21F3N8O/c1-15(35-36-24-30-11-10-20(34-24)25(26,27)28)21-22(29)31-14-19(33-21)17-8-5-9-18(12-17)23(37)32-13-16-6-3-2-4-7-16/h2-12,14H,13H2,1H3,(H2,29,31)(H,32,37)(H,30,34,36)/b35-15+. The number of carbonyl (C=O) groups is 1. The smallest absolute Gasteiger partial charge is 0.382 e. The van der Waals surface area contributed by atoms with E-state index in [1.807, 2.05) is 30.3 Å². The van der Waals surface area contributed by atoms with Crippen molar-refractivity contribution in [2.24, 2.45) is 5.10 Å². The molecule has 2 aromatic heterocycles. The summed E-state index contributed by atoms with van der Waals surface area (Å²) in [7, 11) is 0. The van der Waals surface area contributed by atoms with Crippen molar-refractivity contribution in [3.05, 3.63) is 95.6 Å². The summed E-state index contributed by atoms with van der Waals surface area (Å²) in [6.45, 7) is 1.94. The van der Waals surface area contributed by atoms with Gasteiger partial charge in [0.2, 0.25) is 5.95 Å². The molecule has 0 saturated heterocycles. The predicted molar refractivity (Wildman–Crippen MR) is 132 cm³/mol. The molecule has 12 heteroatoms. The van der Waals surface area contributed by atoms with Crippen LogP contribution >= 0.6 is 0 Å². The number of benzene rings is 2. The van der Waals surface area contributed by atoms with E-state index in [2.05, 4.69) is 35.8 Å². The SMILES string of the molecule is C/C(=N\Nc1nccc(C(F)(F)F)n1)c1nc(-c2cccc(C(=O)NCc3ccccc3)c2)cnc1N. The van der Waals surface area contributed by atoms with Gasteiger partial charge in [0, 0.05) is 23.9 Å². The fraction of sp³-hybridized carbons (Fsp3) is 0.120. The number of amides is 1. The first-order chi connectivity index (χ1) is 17.7. The number of hydrogen-bond acceptors (Lipinski definition) is 8. The van der Waals surface area contributed by atoms with E-state index >= 15 is 0 Å². The monoisotopic (exact) mass is 506 g/mol. The zero-order chi connectivity index (χ0) is 26.4. The van der Waals surface area contributed by atoms with Crippen LogP contribution < -0.4 is 16.5 Å². The Hall–Kier alpha value is -4.87. The van der Waals surface area contributed by atoms with Gasteiger partial charge in [-0.25, -0.2) is 25.4 Å². The van der Waals surface area contributed by atoms with E-state index in [0.717, 1.165) is 17.8 Å². The van der Waals surface area contributed by atoms with Crippen molar-refractivity contribution in [3.8, 4) is 11.3 Å². The minimum Gasteiger partial charge on any atom is -0.382 e. The summed E-state index contributed by atoms with van der Waals surface area (Å²) in [5.74, 6) is -0.531. The van der Waals surface area contributed by atoms with E-state index in [1.54, 1.807) is 31.2 Å². The molecule has 0 aliphatic rings. The number of nitrogens with one attached hydrogen (secondary N) is 2. The van der Waals surface area contributed by atoms with Crippen molar-refractivity contribution in [2.45, 2.75) is 19.6 Å². The van der Waals surface area contributed by atoms with Crippen LogP contribution in [0.3, 0.4) is 0 Å². The van der Waals surface area contributed by atoms with Gasteiger partial charge in [0.05, 0.1) is 17.6 Å². The Bertz CT molecular complexity index is 1440. The van der Waals surface area contributed by atoms with Gasteiger partial charge in [0.1, 0.15) is 11.4 Å². The summed E-state index contributed by atoms with van der Waals surface area (Å²) in [5, 5.41) is 6.88. The van der Waals surface area contributed by atoms with Crippen molar-refractivity contribution in [2.75, 3.05) is 11.2 Å². The molecular weight excluding hydrogens is 485 g/mol. The molecule has 0 spiro atoms. The Morgan fingerprint density at radius 2 is 1.81 bits per heavy atom. The maximum absolute atomic E-state index is 12.9. The molecule has 0 radical (unpaired) electrons. The van der Waals surface area contributed by atoms with Crippen LogP contribution in [0.25, 0.3) is 11.3 Å². The summed E-state index contributed by atoms with van der Waals surface area (Å²) in [6.07, 6.45) is -2.19. The highest BCUT2D eigenvalue weighted by atomic mass is 19.4. The highest BCUT2D eigenvalue weighted by Gasteiger charge is 2.32. The van der Waals surface area contributed by atoms with Crippen molar-refractivity contribution in [1.29, 1.82) is 0 Å². The Morgan fingerprint density at radius 3 is 2.57 bits per heavy atom. The molecule has 0 aliphatic carbocycles. The molecule has 4 N–H and O–H groups in total. The molecule has 1 amide bonds. The molecule has 0 saturated carbocycles. The normalized spacial score (nSPS) is 11.7. The second kappa shape index (κ2) is 10.8. The molecule has 4 aromatic rings. The van der Waals surface area contributed by atoms with Gasteiger partial charge in [-0.05, 0) is 30.7 Å². The third-order valence-corrected chi connectivity index (χ3v) is 5.13. The van der Waals surface area contributed by atoms with E-state index in [0.29, 0.717) is 23.4 Å². The number of nitrogens with two attached hydrogens (primary N) is 1. The zero-order valence-electron chi connectivity index (χ0n) is 19.5. The number of hydrogen-bond donors (Lipinski definition) is 3. The summed E-state index contributed by atoms with van der Waals surface area (Å²) in [5.41, 5.74) is 10.1. The second-order valence-electron chi connectivity index (χ2n) is 7.81. The minimum atomic E-state index is -4.62. The second-order valence-corrected chi connectivity index (χ2v) is 7.81. The minimum absolute atomic E-state index is 0.0634. The average Bonchev–Trinajstić information content (AvgIpc) is 2.91. The van der Waals surface area contributed by atoms with Crippen LogP contribution in [0.2, 0.25) is 0 Å². The summed E-state index contributed by atoms with van der Waals surface area (Å²) < 4.78 is 38.6. The fourth-order valence-electron chi connectivity index (χ4n) is 3.26. The molecule has 4 rings (SSSR count). The van der Waals surface area contributed by atoms with Crippen LogP contribution in [-0.2, 0) is 12.7 Å². The summed E-state index contributed by atoms with van der Waals surface area (Å²) >= 11 is 0. The highest BCUT2D eigenvalue weighted by molar-refractivity contribution is 6.01. The maximum atomic E-state index is 12.9. The van der Waals surface area contributed by atoms with Crippen molar-refractivity contribution in [1.82, 2.24) is 25.3 Å². The van der Waals surface area contributed by atoms with Gasteiger partial charge in [0.25, 0.3) is 5.91 Å². The van der Waals surface area contributed by atoms with E-state index in [1.165, 1.54) is 6.20 Å². The quantitative estimate of drug-likeness (QED) is 0.252. The number of aromatic nitrogens is 4. The van der Waals surface area contributed by atoms with Crippen LogP contribution in [0.5, 0.6) is 0 Å². The third kappa shape index (κ3) is 6.42. The van der Waals surface area contributed by atoms with Crippen LogP contribution in [0, 0.1) is 0 Å². The lowest BCUT2D eigenvalue weighted by atomic mass is 10.1. The van der Waals surface area contributed by atoms with Gasteiger partial charge in [0.15, 0.2) is 5.82 Å². The number of carbonyl (C=O) groups excluding carboxylic acids is 1. The zero-order valence-corrected chi connectivity index (χ0v) is 19.5. The summed E-state index contributed by atoms with van der Waals surface area (Å²) in [6, 6.07) is 17.1. The van der Waals surface area contributed by atoms with E-state index in [4.69, 9.17) is 5.73 Å². The molecule has 9 nitrogen and oxygen atoms in total. The van der Waals surface area contributed by atoms with Crippen molar-refractivity contribution < 1.29 is 18.0 Å². The van der Waals surface area contributed by atoms with E-state index in [-0.39, 0.29) is 29.1 Å². The fourth-order valence-corrected chi connectivity index (χ4v) is 3.26. The van der Waals surface area contributed by atoms with Gasteiger partial charge in [-0.3, -0.25) is 4.79 Å². The van der Waals surface area contributed by atoms with Gasteiger partial charge < -0.3 is 11.1 Å². The first kappa shape index (κ1) is 25.2. The number of hydrazone groups is 1. The highest BCUT2D eigenvalue weighted by Crippen LogP contribution is 2.27. The van der Waals surface area contributed by atoms with Gasteiger partial charge in [-0.2, -0.15) is 18.3 Å². The number of anilines is 2. The molecule has 37 heavy (non-hydrogen) atoms. The molecule has 0 bridgehead atoms. The lowest BCUT2D eigenvalue weighted by Gasteiger charge is -2.10.